The highest BCUT2D eigenvalue weighted by Gasteiger charge is 2.24. The lowest BCUT2D eigenvalue weighted by molar-refractivity contribution is -0.139. The zero-order valence-corrected chi connectivity index (χ0v) is 13.7. The molecule has 2 aliphatic heterocycles. The normalized spacial score (nSPS) is 22.2. The van der Waals surface area contributed by atoms with Gasteiger partial charge < -0.3 is 15.1 Å². The van der Waals surface area contributed by atoms with Gasteiger partial charge in [-0.3, -0.25) is 14.3 Å². The molecular formula is C16H25N5O2. The van der Waals surface area contributed by atoms with Gasteiger partial charge in [0.05, 0.1) is 0 Å². The molecule has 2 aliphatic rings. The summed E-state index contributed by atoms with van der Waals surface area (Å²) in [5.74, 6) is 0.604. The quantitative estimate of drug-likeness (QED) is 0.854. The van der Waals surface area contributed by atoms with Gasteiger partial charge in [-0.2, -0.15) is 5.10 Å². The second-order valence-corrected chi connectivity index (χ2v) is 6.34. The third kappa shape index (κ3) is 3.72. The number of piperidine rings is 1. The zero-order chi connectivity index (χ0) is 16.2. The number of aromatic nitrogens is 2. The van der Waals surface area contributed by atoms with E-state index in [1.54, 1.807) is 18.0 Å². The van der Waals surface area contributed by atoms with Crippen LogP contribution in [0, 0.1) is 0 Å². The standard InChI is InChI=1S/C16H25N5O2/c1-13(22)19-7-9-20(10-8-19)16(23)12-21-15(4-6-18-21)14-3-2-5-17-11-14/h4,6,14,17H,2-3,5,7-12H2,1H3/t14-/m1/s1. The Hall–Kier alpha value is -1.89. The summed E-state index contributed by atoms with van der Waals surface area (Å²) in [5.41, 5.74) is 1.15. The van der Waals surface area contributed by atoms with Crippen molar-refractivity contribution in [3.63, 3.8) is 0 Å². The Morgan fingerprint density at radius 3 is 2.65 bits per heavy atom. The molecule has 1 aromatic heterocycles. The largest absolute Gasteiger partial charge is 0.339 e. The minimum Gasteiger partial charge on any atom is -0.339 e. The van der Waals surface area contributed by atoms with Crippen LogP contribution < -0.4 is 5.32 Å². The van der Waals surface area contributed by atoms with Gasteiger partial charge in [-0.05, 0) is 25.5 Å². The number of carbonyl (C=O) groups is 2. The van der Waals surface area contributed by atoms with E-state index in [0.717, 1.165) is 31.6 Å². The zero-order valence-electron chi connectivity index (χ0n) is 13.7. The van der Waals surface area contributed by atoms with Crippen LogP contribution >= 0.6 is 0 Å². The van der Waals surface area contributed by atoms with Crippen molar-refractivity contribution in [2.75, 3.05) is 39.3 Å². The molecule has 1 aromatic rings. The van der Waals surface area contributed by atoms with E-state index in [4.69, 9.17) is 0 Å². The number of hydrogen-bond acceptors (Lipinski definition) is 4. The smallest absolute Gasteiger partial charge is 0.244 e. The van der Waals surface area contributed by atoms with Crippen LogP contribution in [0.15, 0.2) is 12.3 Å². The maximum absolute atomic E-state index is 12.5. The van der Waals surface area contributed by atoms with Crippen LogP contribution in [-0.4, -0.2) is 70.7 Å². The summed E-state index contributed by atoms with van der Waals surface area (Å²) in [4.78, 5) is 27.5. The van der Waals surface area contributed by atoms with Gasteiger partial charge in [0.2, 0.25) is 11.8 Å². The van der Waals surface area contributed by atoms with Gasteiger partial charge in [0.1, 0.15) is 6.54 Å². The van der Waals surface area contributed by atoms with E-state index in [1.807, 2.05) is 15.6 Å². The summed E-state index contributed by atoms with van der Waals surface area (Å²) in [6.07, 6.45) is 4.09. The highest BCUT2D eigenvalue weighted by molar-refractivity contribution is 5.77. The third-order valence-corrected chi connectivity index (χ3v) is 4.83. The minimum absolute atomic E-state index is 0.0799. The maximum atomic E-state index is 12.5. The van der Waals surface area contributed by atoms with Crippen molar-refractivity contribution in [3.8, 4) is 0 Å². The highest BCUT2D eigenvalue weighted by atomic mass is 16.2. The highest BCUT2D eigenvalue weighted by Crippen LogP contribution is 2.22. The number of nitrogens with one attached hydrogen (secondary N) is 1. The van der Waals surface area contributed by atoms with Crippen molar-refractivity contribution in [2.24, 2.45) is 0 Å². The van der Waals surface area contributed by atoms with Crippen LogP contribution in [0.25, 0.3) is 0 Å². The number of hydrogen-bond donors (Lipinski definition) is 1. The second kappa shape index (κ2) is 7.12. The number of amides is 2. The van der Waals surface area contributed by atoms with Crippen molar-refractivity contribution < 1.29 is 9.59 Å². The van der Waals surface area contributed by atoms with Crippen molar-refractivity contribution in [1.29, 1.82) is 0 Å². The Bertz CT molecular complexity index is 557. The predicted molar refractivity (Wildman–Crippen MR) is 85.9 cm³/mol. The molecule has 23 heavy (non-hydrogen) atoms. The summed E-state index contributed by atoms with van der Waals surface area (Å²) in [6, 6.07) is 2.03. The molecule has 0 spiro atoms. The van der Waals surface area contributed by atoms with E-state index in [0.29, 0.717) is 38.6 Å². The first-order valence-corrected chi connectivity index (χ1v) is 8.41. The van der Waals surface area contributed by atoms with Crippen LogP contribution in [0.2, 0.25) is 0 Å². The SMILES string of the molecule is CC(=O)N1CCN(C(=O)Cn2nccc2[C@@H]2CCCNC2)CC1. The number of rotatable bonds is 3. The van der Waals surface area contributed by atoms with Crippen molar-refractivity contribution in [1.82, 2.24) is 24.9 Å². The van der Waals surface area contributed by atoms with E-state index in [1.165, 1.54) is 0 Å². The van der Waals surface area contributed by atoms with Crippen LogP contribution in [0.4, 0.5) is 0 Å². The van der Waals surface area contributed by atoms with Gasteiger partial charge in [0.25, 0.3) is 0 Å². The first kappa shape index (κ1) is 16.0. The third-order valence-electron chi connectivity index (χ3n) is 4.83. The molecule has 0 bridgehead atoms. The maximum Gasteiger partial charge on any atom is 0.244 e. The molecule has 0 aromatic carbocycles. The van der Waals surface area contributed by atoms with E-state index in [-0.39, 0.29) is 11.8 Å². The minimum atomic E-state index is 0.0799. The lowest BCUT2D eigenvalue weighted by Gasteiger charge is -2.34. The molecule has 0 unspecified atom stereocenters. The summed E-state index contributed by atoms with van der Waals surface area (Å²) in [5, 5.41) is 7.75. The molecule has 0 saturated carbocycles. The van der Waals surface area contributed by atoms with Crippen LogP contribution in [0.1, 0.15) is 31.4 Å². The second-order valence-electron chi connectivity index (χ2n) is 6.34. The summed E-state index contributed by atoms with van der Waals surface area (Å²) in [7, 11) is 0. The summed E-state index contributed by atoms with van der Waals surface area (Å²) >= 11 is 0. The van der Waals surface area contributed by atoms with Crippen LogP contribution in [-0.2, 0) is 16.1 Å². The summed E-state index contributed by atoms with van der Waals surface area (Å²) < 4.78 is 1.84. The van der Waals surface area contributed by atoms with E-state index >= 15 is 0 Å². The predicted octanol–water partition coefficient (Wildman–Crippen LogP) is 0.0408. The Morgan fingerprint density at radius 1 is 1.26 bits per heavy atom. The van der Waals surface area contributed by atoms with E-state index in [9.17, 15) is 9.59 Å². The van der Waals surface area contributed by atoms with Gasteiger partial charge >= 0.3 is 0 Å². The molecule has 1 N–H and O–H groups in total. The lowest BCUT2D eigenvalue weighted by atomic mass is 9.96. The molecule has 2 fully saturated rings. The fourth-order valence-corrected chi connectivity index (χ4v) is 3.42. The van der Waals surface area contributed by atoms with Gasteiger partial charge in [-0.1, -0.05) is 0 Å². The van der Waals surface area contributed by atoms with Crippen LogP contribution in [0.3, 0.4) is 0 Å². The first-order chi connectivity index (χ1) is 11.1. The van der Waals surface area contributed by atoms with Gasteiger partial charge in [0, 0.05) is 57.5 Å². The summed E-state index contributed by atoms with van der Waals surface area (Å²) in [6.45, 7) is 6.37. The molecule has 7 nitrogen and oxygen atoms in total. The molecule has 3 heterocycles. The average molecular weight is 319 g/mol. The first-order valence-electron chi connectivity index (χ1n) is 8.41. The molecule has 7 heteroatoms. The van der Waals surface area contributed by atoms with Gasteiger partial charge in [0.15, 0.2) is 0 Å². The molecule has 1 atom stereocenters. The van der Waals surface area contributed by atoms with Gasteiger partial charge in [-0.15, -0.1) is 0 Å². The van der Waals surface area contributed by atoms with E-state index < -0.39 is 0 Å². The molecule has 126 valence electrons. The van der Waals surface area contributed by atoms with Crippen molar-refractivity contribution in [3.05, 3.63) is 18.0 Å². The fraction of sp³-hybridized carbons (Fsp3) is 0.688. The van der Waals surface area contributed by atoms with Gasteiger partial charge in [-0.25, -0.2) is 0 Å². The monoisotopic (exact) mass is 319 g/mol. The topological polar surface area (TPSA) is 70.5 Å². The number of carbonyl (C=O) groups excluding carboxylic acids is 2. The fourth-order valence-electron chi connectivity index (χ4n) is 3.42. The lowest BCUT2D eigenvalue weighted by Crippen LogP contribution is -2.50. The molecule has 2 amide bonds. The van der Waals surface area contributed by atoms with E-state index in [2.05, 4.69) is 10.4 Å². The molecule has 0 aliphatic carbocycles. The Labute approximate surface area is 136 Å². The Kier molecular flexibility index (Phi) is 4.95. The number of piperazine rings is 1. The molecule has 3 rings (SSSR count). The molecule has 2 saturated heterocycles. The van der Waals surface area contributed by atoms with Crippen molar-refractivity contribution >= 4 is 11.8 Å². The molecule has 0 radical (unpaired) electrons. The average Bonchev–Trinajstić information content (AvgIpc) is 3.04. The Morgan fingerprint density at radius 2 is 2.00 bits per heavy atom. The Balaban J connectivity index is 1.58. The van der Waals surface area contributed by atoms with Crippen LogP contribution in [0.5, 0.6) is 0 Å². The number of nitrogens with zero attached hydrogens (tertiary/aromatic N) is 4. The molecular weight excluding hydrogens is 294 g/mol. The van der Waals surface area contributed by atoms with Crippen molar-refractivity contribution in [2.45, 2.75) is 32.2 Å².